The summed E-state index contributed by atoms with van der Waals surface area (Å²) in [6.45, 7) is 22.9. The van der Waals surface area contributed by atoms with Gasteiger partial charge < -0.3 is 10.1 Å². The Labute approximate surface area is 652 Å². The number of phenols is 1. The first-order valence-corrected chi connectivity index (χ1v) is 41.7. The summed E-state index contributed by atoms with van der Waals surface area (Å²) in [6.07, 6.45) is 53.3. The molecule has 12 heteroatoms. The molecule has 0 atom stereocenters. The molecule has 0 spiro atoms. The first-order chi connectivity index (χ1) is 50.2. The zero-order chi connectivity index (χ0) is 75.0. The molecule has 2 aliphatic heterocycles. The van der Waals surface area contributed by atoms with E-state index in [-0.39, 0.29) is 56.4 Å². The van der Waals surface area contributed by atoms with E-state index in [9.17, 15) is 24.3 Å². The van der Waals surface area contributed by atoms with Crippen LogP contribution in [0.2, 0.25) is 0 Å². The molecule has 14 rings (SSSR count). The van der Waals surface area contributed by atoms with E-state index < -0.39 is 0 Å². The average Bonchev–Trinajstić information content (AvgIpc) is 1.19. The molecule has 5 aromatic carbocycles. The first-order valence-electron chi connectivity index (χ1n) is 38.1. The van der Waals surface area contributed by atoms with Crippen molar-refractivity contribution in [3.63, 3.8) is 0 Å². The van der Waals surface area contributed by atoms with Gasteiger partial charge in [-0.05, 0) is 187 Å². The van der Waals surface area contributed by atoms with Crippen molar-refractivity contribution < 1.29 is 45.1 Å². The molecule has 0 unspecified atom stereocenters. The predicted octanol–water partition coefficient (Wildman–Crippen LogP) is 23.3. The summed E-state index contributed by atoms with van der Waals surface area (Å²) in [5, 5.41) is 11.0. The van der Waals surface area contributed by atoms with Gasteiger partial charge in [-0.1, -0.05) is 168 Å². The number of aromatic hydroxyl groups is 1. The number of unbranched alkanes of at least 4 members (excludes halogenated alkanes) is 12. The smallest absolute Gasteiger partial charge is 0.137 e. The molecule has 6 aliphatic carbocycles. The van der Waals surface area contributed by atoms with E-state index in [0.717, 1.165) is 64.9 Å². The number of fused-ring (bicyclic) bond motifs is 4. The fourth-order valence-electron chi connectivity index (χ4n) is 15.8. The number of carbonyl (C=O) groups excluding carboxylic acids is 4. The molecule has 4 saturated carbocycles. The van der Waals surface area contributed by atoms with E-state index in [0.29, 0.717) is 40.1 Å². The Morgan fingerprint density at radius 2 is 1.03 bits per heavy atom. The molecule has 6 aromatic rings. The topological polar surface area (TPSA) is 121 Å². The summed E-state index contributed by atoms with van der Waals surface area (Å²) in [4.78, 5) is 53.4. The van der Waals surface area contributed by atoms with Crippen LogP contribution in [0.15, 0.2) is 153 Å². The van der Waals surface area contributed by atoms with Crippen molar-refractivity contribution in [3.8, 4) is 53.4 Å². The number of imide groups is 2. The zero-order valence-corrected chi connectivity index (χ0v) is 68.2. The number of allylic oxidation sites excluding steroid dienone is 2. The van der Waals surface area contributed by atoms with Gasteiger partial charge in [-0.3, -0.25) is 29.0 Å². The Hall–Kier alpha value is -7.32. The van der Waals surface area contributed by atoms with Crippen LogP contribution in [-0.2, 0) is 49.0 Å². The van der Waals surface area contributed by atoms with Crippen LogP contribution in [0, 0.1) is 75.1 Å². The number of aromatic nitrogens is 1. The van der Waals surface area contributed by atoms with Crippen molar-refractivity contribution in [3.05, 3.63) is 217 Å². The fourth-order valence-corrected chi connectivity index (χ4v) is 18.9. The number of terminal acetylenes is 2. The van der Waals surface area contributed by atoms with E-state index in [4.69, 9.17) is 16.3 Å². The summed E-state index contributed by atoms with van der Waals surface area (Å²) in [6, 6.07) is 33.1. The molecule has 1 N–H and O–H groups in total. The fraction of sp³-hybridized carbons (Fsp3) is 0.446. The Morgan fingerprint density at radius 3 is 1.45 bits per heavy atom. The van der Waals surface area contributed by atoms with Gasteiger partial charge >= 0.3 is 143 Å². The Kier molecular flexibility index (Phi) is 35.0. The van der Waals surface area contributed by atoms with Crippen molar-refractivity contribution in [1.29, 1.82) is 0 Å². The number of carbonyl (C=O) groups is 4. The van der Waals surface area contributed by atoms with Crippen molar-refractivity contribution in [2.75, 3.05) is 13.1 Å². The Balaban J connectivity index is 0.000000230. The number of hydrogen-bond donors (Lipinski definition) is 1. The van der Waals surface area contributed by atoms with Crippen molar-refractivity contribution >= 4 is 59.9 Å². The van der Waals surface area contributed by atoms with Gasteiger partial charge in [-0.15, -0.1) is 26.0 Å². The molecule has 0 saturated heterocycles. The van der Waals surface area contributed by atoms with Crippen LogP contribution < -0.4 is 4.98 Å². The van der Waals surface area contributed by atoms with E-state index in [1.807, 2.05) is 45.1 Å². The summed E-state index contributed by atoms with van der Waals surface area (Å²) in [7, 11) is 0. The van der Waals surface area contributed by atoms with Gasteiger partial charge in [0.05, 0.1) is 26.7 Å². The second-order valence-corrected chi connectivity index (χ2v) is 32.6. The van der Waals surface area contributed by atoms with Crippen LogP contribution in [0.25, 0.3) is 11.1 Å². The van der Waals surface area contributed by atoms with Gasteiger partial charge in [-0.25, -0.2) is 0 Å². The minimum Gasteiger partial charge on any atom is -0.665 e. The minimum absolute atomic E-state index is 0. The van der Waals surface area contributed by atoms with E-state index in [2.05, 4.69) is 148 Å². The minimum atomic E-state index is -0.353. The third-order valence-electron chi connectivity index (χ3n) is 20.8. The van der Waals surface area contributed by atoms with E-state index >= 15 is 0 Å². The molecule has 9 nitrogen and oxygen atoms in total. The number of phenolic OH excluding ortho intramolecular Hbond substituents is 1. The van der Waals surface area contributed by atoms with Gasteiger partial charge in [0.2, 0.25) is 0 Å². The zero-order valence-electron chi connectivity index (χ0n) is 63.0. The summed E-state index contributed by atoms with van der Waals surface area (Å²) < 4.78 is 9.97. The average molecular weight is 1610 g/mol. The second kappa shape index (κ2) is 43.3. The van der Waals surface area contributed by atoms with Crippen LogP contribution in [0.5, 0.6) is 5.75 Å². The molecule has 104 heavy (non-hydrogen) atoms. The molecule has 4 fully saturated rings. The molecule has 8 aliphatic rings. The number of amides is 4. The van der Waals surface area contributed by atoms with Gasteiger partial charge in [0, 0.05) is 26.0 Å². The first kappa shape index (κ1) is 83.9. The maximum Gasteiger partial charge on any atom is 0.137 e. The van der Waals surface area contributed by atoms with Gasteiger partial charge in [0.25, 0.3) is 23.6 Å². The number of hydrogen-bond acceptors (Lipinski definition) is 6. The molecular formula is C92H115Br2MoN4O5-. The normalized spacial score (nSPS) is 18.0. The molecular weight excluding hydrogens is 1500 g/mol. The number of benzene rings is 5. The van der Waals surface area contributed by atoms with Crippen molar-refractivity contribution in [2.24, 2.45) is 21.2 Å². The van der Waals surface area contributed by atoms with Crippen LogP contribution in [0.3, 0.4) is 0 Å². The number of nitrogens with zero attached hydrogens (tertiary/aromatic N) is 4. The molecule has 554 valence electrons. The van der Waals surface area contributed by atoms with Crippen LogP contribution in [0.1, 0.15) is 264 Å². The predicted molar refractivity (Wildman–Crippen MR) is 439 cm³/mol. The number of rotatable bonds is 21. The largest absolute Gasteiger partial charge is 0.665 e. The molecule has 0 radical (unpaired) electrons. The Morgan fingerprint density at radius 1 is 0.606 bits per heavy atom. The number of aryl methyl sites for hydroxylation is 4. The summed E-state index contributed by atoms with van der Waals surface area (Å²) in [5.41, 5.74) is 15.6. The standard InChI is InChI=1S/C21H22Br2O.C16H32.C12H11NO2.C11H9NO2.C10H15N.C10H12.C6H8N.C6H2.Mo.2H2/c1-12-17(22)10-13-6-2-4-8-15(13)19(12)20-16-9-5-3-7-14(16)11-18(23)21(20)24;1-3-5-7-9-11-13-15-16-14-12-10-8-6-4-2;1-2-3-8-13-11(14)9-6-4-5-7-10(9)12(13)15;1-2-7-12-10(13)8-5-3-4-6-9(8)11(12)14;11-10-4-7-1-8(5-10)3-9(2-7)6-10;1-10(2,3)9-7-5-4-6-8-9;1-5-3-4-6(2)7-5;1-3-5-6-4-2;;;/h10-11,24H,2-9H2,1H3;3H,1,4-16H2,2H3;2-7H,8H2,1H3;2-6H,1,7H2;7-9H,1-6H2;1,4-8H,2-3H3;3-4H,1-2H3;1-2H;;2*1H/q;;;;;;-1;;;;/b;;3-2-;;;;;;;;. The van der Waals surface area contributed by atoms with Crippen LogP contribution >= 0.6 is 31.9 Å². The van der Waals surface area contributed by atoms with Crippen molar-refractivity contribution in [2.45, 2.75) is 233 Å². The third kappa shape index (κ3) is 24.1. The van der Waals surface area contributed by atoms with E-state index in [1.165, 1.54) is 201 Å². The SMILES string of the molecule is C#CC#CC#C.C/C=C\CN1C(=O)c2ccccc2C1=O.C=CCCCCCCCCCCCCCC.C=CCN1C(=O)c2ccccc2C1=O.CC(C)([CH]=[Mo]=[N]C12CC3CC(CC(C3)C1)C2)c1ccccc1.Cc1c(Br)cc2c(c1-c1c(O)c(Br)cc3c1CCCC3)CCCC2.Cc1ccc(C)[n-]1.[HH].[HH]. The van der Waals surface area contributed by atoms with Crippen LogP contribution in [0.4, 0.5) is 0 Å². The quantitative estimate of drug-likeness (QED) is 0.0252. The van der Waals surface area contributed by atoms with E-state index in [1.54, 1.807) is 60.7 Å². The van der Waals surface area contributed by atoms with Gasteiger partial charge in [0.15, 0.2) is 0 Å². The van der Waals surface area contributed by atoms with Crippen LogP contribution in [-0.4, -0.2) is 61.6 Å². The molecule has 1 aromatic heterocycles. The Bertz CT molecular complexity index is 3950. The molecule has 3 heterocycles. The molecule has 4 amide bonds. The molecule has 4 bridgehead atoms. The van der Waals surface area contributed by atoms with Gasteiger partial charge in [0.1, 0.15) is 5.75 Å². The second-order valence-electron chi connectivity index (χ2n) is 29.3. The van der Waals surface area contributed by atoms with Crippen molar-refractivity contribution in [1.82, 2.24) is 14.8 Å². The maximum absolute atomic E-state index is 11.8. The third-order valence-corrected chi connectivity index (χ3v) is 25.1. The summed E-state index contributed by atoms with van der Waals surface area (Å²) >= 11 is 7.02. The monoisotopic (exact) mass is 1610 g/mol. The maximum atomic E-state index is 11.8. The summed E-state index contributed by atoms with van der Waals surface area (Å²) in [5.74, 6) is 11.2. The van der Waals surface area contributed by atoms with Gasteiger partial charge in [-0.2, -0.15) is 11.4 Å². The number of halogens is 2.